The van der Waals surface area contributed by atoms with Crippen molar-refractivity contribution in [3.8, 4) is 0 Å². The summed E-state index contributed by atoms with van der Waals surface area (Å²) in [6, 6.07) is 5.79. The van der Waals surface area contributed by atoms with Crippen molar-refractivity contribution in [2.75, 3.05) is 6.61 Å². The van der Waals surface area contributed by atoms with E-state index in [4.69, 9.17) is 5.11 Å². The summed E-state index contributed by atoms with van der Waals surface area (Å²) in [6.45, 7) is 2.01. The van der Waals surface area contributed by atoms with E-state index < -0.39 is 0 Å². The van der Waals surface area contributed by atoms with Crippen LogP contribution in [0.2, 0.25) is 0 Å². The van der Waals surface area contributed by atoms with Crippen LogP contribution in [0.15, 0.2) is 24.3 Å². The Morgan fingerprint density at radius 2 is 2.36 bits per heavy atom. The molecule has 1 N–H and O–H groups in total. The smallest absolute Gasteiger partial charge is 0.0630 e. The molecule has 1 rings (SSSR count). The lowest BCUT2D eigenvalue weighted by molar-refractivity contribution is 0.343. The molecule has 11 heavy (non-hydrogen) atoms. The van der Waals surface area contributed by atoms with Crippen molar-refractivity contribution in [2.45, 2.75) is 6.92 Å². The number of pyridine rings is 1. The second kappa shape index (κ2) is 3.88. The lowest BCUT2D eigenvalue weighted by Crippen LogP contribution is -1.83. The fraction of sp³-hybridized carbons (Fsp3) is 0.222. The van der Waals surface area contributed by atoms with Crippen LogP contribution >= 0.6 is 0 Å². The van der Waals surface area contributed by atoms with Gasteiger partial charge in [0.1, 0.15) is 0 Å². The average molecular weight is 149 g/mol. The minimum Gasteiger partial charge on any atom is -0.392 e. The SMILES string of the molecule is Cc1cccc(/C=C/CO)n1. The van der Waals surface area contributed by atoms with Crippen molar-refractivity contribution in [2.24, 2.45) is 0 Å². The third kappa shape index (κ3) is 2.51. The predicted octanol–water partition coefficient (Wildman–Crippen LogP) is 1.40. The normalized spacial score (nSPS) is 10.7. The Morgan fingerprint density at radius 1 is 1.55 bits per heavy atom. The van der Waals surface area contributed by atoms with Gasteiger partial charge in [0, 0.05) is 5.69 Å². The first-order valence-corrected chi connectivity index (χ1v) is 3.54. The van der Waals surface area contributed by atoms with Gasteiger partial charge in [-0.25, -0.2) is 0 Å². The molecule has 0 bridgehead atoms. The number of aromatic nitrogens is 1. The van der Waals surface area contributed by atoms with Crippen LogP contribution in [0.25, 0.3) is 6.08 Å². The highest BCUT2D eigenvalue weighted by Gasteiger charge is 1.86. The van der Waals surface area contributed by atoms with Crippen molar-refractivity contribution in [1.82, 2.24) is 4.98 Å². The maximum atomic E-state index is 8.48. The highest BCUT2D eigenvalue weighted by atomic mass is 16.2. The molecule has 1 aromatic heterocycles. The Morgan fingerprint density at radius 3 is 3.00 bits per heavy atom. The molecule has 2 heteroatoms. The summed E-state index contributed by atoms with van der Waals surface area (Å²) >= 11 is 0. The molecule has 1 heterocycles. The largest absolute Gasteiger partial charge is 0.392 e. The van der Waals surface area contributed by atoms with E-state index in [1.165, 1.54) is 0 Å². The number of nitrogens with zero attached hydrogens (tertiary/aromatic N) is 1. The first kappa shape index (κ1) is 7.95. The van der Waals surface area contributed by atoms with Crippen LogP contribution in [0.3, 0.4) is 0 Å². The second-order valence-corrected chi connectivity index (χ2v) is 2.29. The van der Waals surface area contributed by atoms with Crippen molar-refractivity contribution in [3.63, 3.8) is 0 Å². The van der Waals surface area contributed by atoms with E-state index in [0.717, 1.165) is 11.4 Å². The zero-order chi connectivity index (χ0) is 8.10. The van der Waals surface area contributed by atoms with Crippen LogP contribution in [0.1, 0.15) is 11.4 Å². The van der Waals surface area contributed by atoms with Gasteiger partial charge >= 0.3 is 0 Å². The van der Waals surface area contributed by atoms with Gasteiger partial charge in [-0.15, -0.1) is 0 Å². The molecule has 2 nitrogen and oxygen atoms in total. The monoisotopic (exact) mass is 149 g/mol. The lowest BCUT2D eigenvalue weighted by atomic mass is 10.3. The molecule has 0 fully saturated rings. The molecule has 0 saturated heterocycles. The standard InChI is InChI=1S/C9H11NO/c1-8-4-2-5-9(10-8)6-3-7-11/h2-6,11H,7H2,1H3/b6-3+. The molecule has 0 unspecified atom stereocenters. The van der Waals surface area contributed by atoms with E-state index in [-0.39, 0.29) is 6.61 Å². The van der Waals surface area contributed by atoms with Crippen LogP contribution in [0, 0.1) is 6.92 Å². The van der Waals surface area contributed by atoms with Crippen molar-refractivity contribution in [3.05, 3.63) is 35.7 Å². The highest BCUT2D eigenvalue weighted by Crippen LogP contribution is 1.99. The van der Waals surface area contributed by atoms with E-state index >= 15 is 0 Å². The lowest BCUT2D eigenvalue weighted by Gasteiger charge is -1.93. The van der Waals surface area contributed by atoms with Gasteiger partial charge in [0.05, 0.1) is 12.3 Å². The topological polar surface area (TPSA) is 33.1 Å². The Kier molecular flexibility index (Phi) is 2.81. The van der Waals surface area contributed by atoms with Gasteiger partial charge in [-0.2, -0.15) is 0 Å². The Bertz CT molecular complexity index is 255. The first-order chi connectivity index (χ1) is 5.33. The summed E-state index contributed by atoms with van der Waals surface area (Å²) in [7, 11) is 0. The average Bonchev–Trinajstić information content (AvgIpc) is 2.01. The third-order valence-electron chi connectivity index (χ3n) is 1.30. The first-order valence-electron chi connectivity index (χ1n) is 3.54. The van der Waals surface area contributed by atoms with Gasteiger partial charge in [-0.05, 0) is 25.1 Å². The molecule has 1 aromatic rings. The number of rotatable bonds is 2. The Hall–Kier alpha value is -1.15. The maximum absolute atomic E-state index is 8.48. The fourth-order valence-electron chi connectivity index (χ4n) is 0.830. The van der Waals surface area contributed by atoms with Crippen molar-refractivity contribution < 1.29 is 5.11 Å². The fourth-order valence-corrected chi connectivity index (χ4v) is 0.830. The van der Waals surface area contributed by atoms with Crippen LogP contribution in [0.5, 0.6) is 0 Å². The van der Waals surface area contributed by atoms with Gasteiger partial charge in [0.15, 0.2) is 0 Å². The van der Waals surface area contributed by atoms with E-state index in [1.807, 2.05) is 25.1 Å². The maximum Gasteiger partial charge on any atom is 0.0630 e. The summed E-state index contributed by atoms with van der Waals surface area (Å²) in [5, 5.41) is 8.48. The molecule has 0 aliphatic rings. The summed E-state index contributed by atoms with van der Waals surface area (Å²) in [4.78, 5) is 4.21. The quantitative estimate of drug-likeness (QED) is 0.689. The predicted molar refractivity (Wildman–Crippen MR) is 45.1 cm³/mol. The molecule has 0 aliphatic carbocycles. The molecular formula is C9H11NO. The molecule has 0 atom stereocenters. The number of aliphatic hydroxyl groups is 1. The number of aliphatic hydroxyl groups excluding tert-OH is 1. The van der Waals surface area contributed by atoms with Gasteiger partial charge in [0.2, 0.25) is 0 Å². The Balaban J connectivity index is 2.79. The van der Waals surface area contributed by atoms with Gasteiger partial charge < -0.3 is 5.11 Å². The van der Waals surface area contributed by atoms with Crippen LogP contribution in [-0.4, -0.2) is 16.7 Å². The van der Waals surface area contributed by atoms with Crippen LogP contribution in [-0.2, 0) is 0 Å². The molecule has 0 aromatic carbocycles. The molecule has 0 radical (unpaired) electrons. The number of hydrogen-bond acceptors (Lipinski definition) is 2. The summed E-state index contributed by atoms with van der Waals surface area (Å²) in [5.74, 6) is 0. The van der Waals surface area contributed by atoms with E-state index in [2.05, 4.69) is 4.98 Å². The van der Waals surface area contributed by atoms with Crippen LogP contribution in [0.4, 0.5) is 0 Å². The molecule has 0 saturated carbocycles. The molecule has 58 valence electrons. The number of hydrogen-bond donors (Lipinski definition) is 1. The van der Waals surface area contributed by atoms with Crippen molar-refractivity contribution in [1.29, 1.82) is 0 Å². The summed E-state index contributed by atoms with van der Waals surface area (Å²) < 4.78 is 0. The zero-order valence-electron chi connectivity index (χ0n) is 6.49. The van der Waals surface area contributed by atoms with E-state index in [1.54, 1.807) is 12.2 Å². The van der Waals surface area contributed by atoms with E-state index in [9.17, 15) is 0 Å². The number of aryl methyl sites for hydroxylation is 1. The second-order valence-electron chi connectivity index (χ2n) is 2.29. The zero-order valence-corrected chi connectivity index (χ0v) is 6.49. The molecule has 0 amide bonds. The minimum atomic E-state index is 0.0651. The Labute approximate surface area is 66.2 Å². The summed E-state index contributed by atoms with van der Waals surface area (Å²) in [6.07, 6.45) is 3.47. The third-order valence-corrected chi connectivity index (χ3v) is 1.30. The molecule has 0 spiro atoms. The van der Waals surface area contributed by atoms with E-state index in [0.29, 0.717) is 0 Å². The highest BCUT2D eigenvalue weighted by molar-refractivity contribution is 5.44. The van der Waals surface area contributed by atoms with Gasteiger partial charge in [-0.1, -0.05) is 12.1 Å². The summed E-state index contributed by atoms with van der Waals surface area (Å²) in [5.41, 5.74) is 1.88. The molecular weight excluding hydrogens is 138 g/mol. The van der Waals surface area contributed by atoms with Crippen molar-refractivity contribution >= 4 is 6.08 Å². The van der Waals surface area contributed by atoms with Gasteiger partial charge in [0.25, 0.3) is 0 Å². The van der Waals surface area contributed by atoms with Crippen LogP contribution < -0.4 is 0 Å². The molecule has 0 aliphatic heterocycles. The van der Waals surface area contributed by atoms with Gasteiger partial charge in [-0.3, -0.25) is 4.98 Å². The minimum absolute atomic E-state index is 0.0651.